The molecule has 1 unspecified atom stereocenters. The normalized spacial score (nSPS) is 17.2. The minimum atomic E-state index is -1.20. The number of benzene rings is 2. The fourth-order valence-electron chi connectivity index (χ4n) is 3.49. The number of aliphatic hydroxyl groups is 1. The first-order chi connectivity index (χ1) is 13.3. The number of carbonyl (C=O) groups is 1. The molecule has 0 saturated carbocycles. The first-order valence-corrected chi connectivity index (χ1v) is 9.70. The molecule has 28 heavy (non-hydrogen) atoms. The first kappa shape index (κ1) is 20.6. The van der Waals surface area contributed by atoms with Crippen LogP contribution >= 0.6 is 23.2 Å². The molecule has 1 atom stereocenters. The topological polar surface area (TPSA) is 83.7 Å². The largest absolute Gasteiger partial charge is 0.385 e. The minimum Gasteiger partial charge on any atom is -0.385 e. The van der Waals surface area contributed by atoms with Gasteiger partial charge in [-0.05, 0) is 30.5 Å². The van der Waals surface area contributed by atoms with E-state index in [0.717, 1.165) is 5.56 Å². The number of hydrogen-bond donors (Lipinski definition) is 1. The maximum absolute atomic E-state index is 12.7. The van der Waals surface area contributed by atoms with Gasteiger partial charge in [0.15, 0.2) is 0 Å². The van der Waals surface area contributed by atoms with Crippen molar-refractivity contribution in [3.05, 3.63) is 79.8 Å². The van der Waals surface area contributed by atoms with E-state index in [1.165, 1.54) is 18.2 Å². The Morgan fingerprint density at radius 2 is 1.79 bits per heavy atom. The van der Waals surface area contributed by atoms with E-state index in [1.54, 1.807) is 4.90 Å². The lowest BCUT2D eigenvalue weighted by Crippen LogP contribution is -2.45. The Bertz CT molecular complexity index is 868. The maximum atomic E-state index is 12.7. The van der Waals surface area contributed by atoms with Crippen molar-refractivity contribution >= 4 is 29.1 Å². The molecular weight excluding hydrogens is 403 g/mol. The van der Waals surface area contributed by atoms with Crippen molar-refractivity contribution in [1.82, 2.24) is 4.90 Å². The third kappa shape index (κ3) is 4.46. The summed E-state index contributed by atoms with van der Waals surface area (Å²) in [6, 6.07) is 12.6. The molecule has 2 aromatic carbocycles. The molecule has 8 heteroatoms. The van der Waals surface area contributed by atoms with Gasteiger partial charge in [0, 0.05) is 23.6 Å². The molecule has 6 nitrogen and oxygen atoms in total. The van der Waals surface area contributed by atoms with E-state index in [9.17, 15) is 20.0 Å². The lowest BCUT2D eigenvalue weighted by atomic mass is 9.84. The summed E-state index contributed by atoms with van der Waals surface area (Å²) in [5.74, 6) is -0.317. The first-order valence-electron chi connectivity index (χ1n) is 8.94. The third-order valence-electron chi connectivity index (χ3n) is 5.21. The van der Waals surface area contributed by atoms with Crippen molar-refractivity contribution in [2.75, 3.05) is 13.1 Å². The maximum Gasteiger partial charge on any atom is 0.246 e. The van der Waals surface area contributed by atoms with Crippen molar-refractivity contribution in [3.63, 3.8) is 0 Å². The zero-order chi connectivity index (χ0) is 20.3. The number of rotatable bonds is 5. The summed E-state index contributed by atoms with van der Waals surface area (Å²) in [4.78, 5) is 25.3. The zero-order valence-electron chi connectivity index (χ0n) is 15.1. The molecule has 1 aliphatic heterocycles. The van der Waals surface area contributed by atoms with Crippen LogP contribution in [0.2, 0.25) is 10.0 Å². The number of amides is 1. The van der Waals surface area contributed by atoms with E-state index in [0.29, 0.717) is 36.5 Å². The fraction of sp³-hybridized carbons (Fsp3) is 0.350. The third-order valence-corrected chi connectivity index (χ3v) is 5.94. The van der Waals surface area contributed by atoms with Gasteiger partial charge < -0.3 is 10.0 Å². The highest BCUT2D eigenvalue weighted by Crippen LogP contribution is 2.34. The van der Waals surface area contributed by atoms with Crippen LogP contribution in [-0.2, 0) is 10.4 Å². The van der Waals surface area contributed by atoms with Gasteiger partial charge in [-0.15, -0.1) is 0 Å². The molecule has 0 radical (unpaired) electrons. The van der Waals surface area contributed by atoms with Crippen LogP contribution in [0, 0.1) is 10.1 Å². The highest BCUT2D eigenvalue weighted by atomic mass is 35.5. The van der Waals surface area contributed by atoms with Crippen molar-refractivity contribution in [1.29, 1.82) is 0 Å². The Hall–Kier alpha value is -2.15. The molecule has 1 amide bonds. The van der Waals surface area contributed by atoms with Crippen LogP contribution in [0.1, 0.15) is 36.4 Å². The fourth-order valence-corrected chi connectivity index (χ4v) is 3.80. The van der Waals surface area contributed by atoms with Gasteiger partial charge in [0.1, 0.15) is 0 Å². The van der Waals surface area contributed by atoms with E-state index >= 15 is 0 Å². The molecule has 0 aromatic heterocycles. The van der Waals surface area contributed by atoms with Crippen molar-refractivity contribution in [2.45, 2.75) is 30.9 Å². The summed E-state index contributed by atoms with van der Waals surface area (Å²) in [7, 11) is 0. The molecule has 0 bridgehead atoms. The summed E-state index contributed by atoms with van der Waals surface area (Å²) >= 11 is 11.8. The number of nitrogens with zero attached hydrogens (tertiary/aromatic N) is 2. The predicted octanol–water partition coefficient (Wildman–Crippen LogP) is 4.21. The van der Waals surface area contributed by atoms with E-state index < -0.39 is 16.6 Å². The van der Waals surface area contributed by atoms with Crippen molar-refractivity contribution < 1.29 is 14.8 Å². The number of piperidine rings is 1. The minimum absolute atomic E-state index is 0.212. The second-order valence-electron chi connectivity index (χ2n) is 6.96. The average Bonchev–Trinajstić information content (AvgIpc) is 2.69. The van der Waals surface area contributed by atoms with Crippen LogP contribution in [0.15, 0.2) is 48.5 Å². The Morgan fingerprint density at radius 3 is 2.36 bits per heavy atom. The van der Waals surface area contributed by atoms with Gasteiger partial charge in [-0.1, -0.05) is 59.6 Å². The summed E-state index contributed by atoms with van der Waals surface area (Å²) in [5.41, 5.74) is 0.177. The molecule has 1 fully saturated rings. The highest BCUT2D eigenvalue weighted by molar-refractivity contribution is 6.42. The van der Waals surface area contributed by atoms with E-state index in [1.807, 2.05) is 30.3 Å². The number of likely N-dealkylation sites (tertiary alicyclic amines) is 1. The molecule has 1 aliphatic rings. The van der Waals surface area contributed by atoms with Gasteiger partial charge in [-0.25, -0.2) is 0 Å². The molecule has 1 N–H and O–H groups in total. The summed E-state index contributed by atoms with van der Waals surface area (Å²) in [6.45, 7) is 0.687. The molecule has 2 aromatic rings. The molecule has 0 spiro atoms. The second kappa shape index (κ2) is 8.47. The number of carbonyl (C=O) groups excluding carboxylic acids is 1. The van der Waals surface area contributed by atoms with Gasteiger partial charge >= 0.3 is 0 Å². The highest BCUT2D eigenvalue weighted by Gasteiger charge is 2.37. The predicted molar refractivity (Wildman–Crippen MR) is 107 cm³/mol. The van der Waals surface area contributed by atoms with Gasteiger partial charge in [0.05, 0.1) is 22.1 Å². The number of halogens is 2. The monoisotopic (exact) mass is 422 g/mol. The molecule has 148 valence electrons. The summed E-state index contributed by atoms with van der Waals surface area (Å²) in [6.07, 6.45) is 0.506. The summed E-state index contributed by atoms with van der Waals surface area (Å²) in [5, 5.41) is 22.9. The van der Waals surface area contributed by atoms with E-state index in [2.05, 4.69) is 0 Å². The Kier molecular flexibility index (Phi) is 6.23. The SMILES string of the molecule is O=C(CC(c1ccc(Cl)c(Cl)c1)[N+](=O)[O-])N1CCC(O)(c2ccccc2)CC1. The van der Waals surface area contributed by atoms with Gasteiger partial charge in [0.25, 0.3) is 0 Å². The van der Waals surface area contributed by atoms with E-state index in [4.69, 9.17) is 23.2 Å². The van der Waals surface area contributed by atoms with Crippen LogP contribution in [0.3, 0.4) is 0 Å². The lowest BCUT2D eigenvalue weighted by molar-refractivity contribution is -0.528. The lowest BCUT2D eigenvalue weighted by Gasteiger charge is -2.38. The molecular formula is C20H20Cl2N2O4. The van der Waals surface area contributed by atoms with Gasteiger partial charge in [-0.3, -0.25) is 14.9 Å². The second-order valence-corrected chi connectivity index (χ2v) is 7.77. The molecule has 1 heterocycles. The molecule has 1 saturated heterocycles. The van der Waals surface area contributed by atoms with Crippen molar-refractivity contribution in [2.24, 2.45) is 0 Å². The standard InChI is InChI=1S/C20H20Cl2N2O4/c21-16-7-6-14(12-17(16)22)18(24(27)28)13-19(25)23-10-8-20(26,9-11-23)15-4-2-1-3-5-15/h1-7,12,18,26H,8-11,13H2. The van der Waals surface area contributed by atoms with Crippen LogP contribution in [0.5, 0.6) is 0 Å². The van der Waals surface area contributed by atoms with Crippen LogP contribution < -0.4 is 0 Å². The Morgan fingerprint density at radius 1 is 1.14 bits per heavy atom. The average molecular weight is 423 g/mol. The van der Waals surface area contributed by atoms with E-state index in [-0.39, 0.29) is 17.4 Å². The molecule has 0 aliphatic carbocycles. The van der Waals surface area contributed by atoms with Crippen molar-refractivity contribution in [3.8, 4) is 0 Å². The van der Waals surface area contributed by atoms with Crippen LogP contribution in [0.25, 0.3) is 0 Å². The Balaban J connectivity index is 1.67. The zero-order valence-corrected chi connectivity index (χ0v) is 16.6. The smallest absolute Gasteiger partial charge is 0.246 e. The Labute approximate surface area is 172 Å². The van der Waals surface area contributed by atoms with Crippen LogP contribution in [-0.4, -0.2) is 33.9 Å². The summed E-state index contributed by atoms with van der Waals surface area (Å²) < 4.78 is 0. The quantitative estimate of drug-likeness (QED) is 0.577. The number of nitro groups is 1. The van der Waals surface area contributed by atoms with Gasteiger partial charge in [0.2, 0.25) is 11.9 Å². The van der Waals surface area contributed by atoms with Crippen LogP contribution in [0.4, 0.5) is 0 Å². The molecule has 3 rings (SSSR count). The van der Waals surface area contributed by atoms with Gasteiger partial charge in [-0.2, -0.15) is 0 Å². The number of hydrogen-bond acceptors (Lipinski definition) is 4.